The third kappa shape index (κ3) is 3.22. The van der Waals surface area contributed by atoms with Crippen molar-refractivity contribution in [2.75, 3.05) is 12.4 Å². The molecule has 0 amide bonds. The van der Waals surface area contributed by atoms with E-state index in [1.165, 1.54) is 0 Å². The Hall–Kier alpha value is -1.32. The van der Waals surface area contributed by atoms with Crippen LogP contribution in [0.25, 0.3) is 0 Å². The number of aromatic nitrogens is 2. The summed E-state index contributed by atoms with van der Waals surface area (Å²) >= 11 is 12.0. The molecule has 2 rings (SSSR count). The Labute approximate surface area is 129 Å². The first-order valence-corrected chi connectivity index (χ1v) is 7.28. The van der Waals surface area contributed by atoms with Crippen molar-refractivity contribution >= 4 is 29.0 Å². The number of rotatable bonds is 4. The van der Waals surface area contributed by atoms with Crippen LogP contribution in [0, 0.1) is 6.92 Å². The fourth-order valence-electron chi connectivity index (χ4n) is 2.20. The van der Waals surface area contributed by atoms with Crippen molar-refractivity contribution in [1.82, 2.24) is 9.97 Å². The Kier molecular flexibility index (Phi) is 4.84. The van der Waals surface area contributed by atoms with Crippen LogP contribution in [-0.4, -0.2) is 17.0 Å². The van der Waals surface area contributed by atoms with Crippen LogP contribution in [0.3, 0.4) is 0 Å². The van der Waals surface area contributed by atoms with Gasteiger partial charge in [0.05, 0.1) is 10.0 Å². The monoisotopic (exact) mass is 309 g/mol. The summed E-state index contributed by atoms with van der Waals surface area (Å²) < 4.78 is 0. The summed E-state index contributed by atoms with van der Waals surface area (Å²) in [7, 11) is 1.88. The van der Waals surface area contributed by atoms with E-state index in [1.807, 2.05) is 26.1 Å². The van der Waals surface area contributed by atoms with Crippen LogP contribution in [0.2, 0.25) is 10.0 Å². The highest BCUT2D eigenvalue weighted by Gasteiger charge is 2.10. The van der Waals surface area contributed by atoms with E-state index in [4.69, 9.17) is 23.2 Å². The van der Waals surface area contributed by atoms with Gasteiger partial charge in [-0.05, 0) is 31.0 Å². The summed E-state index contributed by atoms with van der Waals surface area (Å²) in [5.74, 6) is 1.68. The molecule has 0 aliphatic carbocycles. The molecule has 0 spiro atoms. The molecule has 1 aromatic heterocycles. The molecule has 5 heteroatoms. The SMILES string of the molecule is CCc1c(C)nc(Cc2ccc(Cl)c(Cl)c2)nc1NC. The molecule has 0 saturated heterocycles. The third-order valence-corrected chi connectivity index (χ3v) is 3.94. The molecule has 20 heavy (non-hydrogen) atoms. The maximum Gasteiger partial charge on any atom is 0.135 e. The second-order valence-electron chi connectivity index (χ2n) is 4.58. The minimum atomic E-state index is 0.555. The first-order valence-electron chi connectivity index (χ1n) is 6.53. The molecule has 1 N–H and O–H groups in total. The molecule has 3 nitrogen and oxygen atoms in total. The Bertz CT molecular complexity index is 627. The minimum Gasteiger partial charge on any atom is -0.373 e. The highest BCUT2D eigenvalue weighted by atomic mass is 35.5. The van der Waals surface area contributed by atoms with Gasteiger partial charge in [-0.15, -0.1) is 0 Å². The number of hydrogen-bond acceptors (Lipinski definition) is 3. The zero-order chi connectivity index (χ0) is 14.7. The molecule has 1 heterocycles. The van der Waals surface area contributed by atoms with Crippen molar-refractivity contribution in [3.63, 3.8) is 0 Å². The average Bonchev–Trinajstić information content (AvgIpc) is 2.42. The fourth-order valence-corrected chi connectivity index (χ4v) is 2.52. The van der Waals surface area contributed by atoms with E-state index in [0.717, 1.165) is 34.9 Å². The van der Waals surface area contributed by atoms with Crippen LogP contribution in [-0.2, 0) is 12.8 Å². The van der Waals surface area contributed by atoms with Crippen molar-refractivity contribution in [3.8, 4) is 0 Å². The van der Waals surface area contributed by atoms with Crippen LogP contribution in [0.5, 0.6) is 0 Å². The van der Waals surface area contributed by atoms with Gasteiger partial charge >= 0.3 is 0 Å². The molecule has 0 unspecified atom stereocenters. The van der Waals surface area contributed by atoms with Crippen LogP contribution < -0.4 is 5.32 Å². The molecule has 0 bridgehead atoms. The topological polar surface area (TPSA) is 37.8 Å². The van der Waals surface area contributed by atoms with Crippen LogP contribution in [0.4, 0.5) is 5.82 Å². The summed E-state index contributed by atoms with van der Waals surface area (Å²) in [5, 5.41) is 4.25. The molecular weight excluding hydrogens is 293 g/mol. The Morgan fingerprint density at radius 2 is 1.90 bits per heavy atom. The van der Waals surface area contributed by atoms with E-state index in [2.05, 4.69) is 22.2 Å². The lowest BCUT2D eigenvalue weighted by Gasteiger charge is -2.11. The first kappa shape index (κ1) is 15.1. The second kappa shape index (κ2) is 6.42. The van der Waals surface area contributed by atoms with Gasteiger partial charge in [0.2, 0.25) is 0 Å². The van der Waals surface area contributed by atoms with Crippen molar-refractivity contribution in [2.45, 2.75) is 26.7 Å². The Morgan fingerprint density at radius 1 is 1.15 bits per heavy atom. The van der Waals surface area contributed by atoms with Crippen LogP contribution >= 0.6 is 23.2 Å². The lowest BCUT2D eigenvalue weighted by Crippen LogP contribution is -2.07. The number of halogens is 2. The minimum absolute atomic E-state index is 0.555. The standard InChI is InChI=1S/C15H17Cl2N3/c1-4-11-9(2)19-14(20-15(11)18-3)8-10-5-6-12(16)13(17)7-10/h5-7H,4,8H2,1-3H3,(H,18,19,20). The molecule has 0 radical (unpaired) electrons. The number of anilines is 1. The highest BCUT2D eigenvalue weighted by Crippen LogP contribution is 2.24. The molecule has 1 aromatic carbocycles. The maximum absolute atomic E-state index is 6.03. The number of aryl methyl sites for hydroxylation is 1. The summed E-state index contributed by atoms with van der Waals surface area (Å²) in [6.45, 7) is 4.12. The lowest BCUT2D eigenvalue weighted by atomic mass is 10.1. The normalized spacial score (nSPS) is 10.7. The number of hydrogen-bond donors (Lipinski definition) is 1. The fraction of sp³-hybridized carbons (Fsp3) is 0.333. The predicted octanol–water partition coefficient (Wildman–Crippen LogP) is 4.29. The molecule has 0 saturated carbocycles. The molecule has 0 aliphatic heterocycles. The van der Waals surface area contributed by atoms with Crippen molar-refractivity contribution in [2.24, 2.45) is 0 Å². The Morgan fingerprint density at radius 3 is 2.50 bits per heavy atom. The molecule has 0 atom stereocenters. The predicted molar refractivity (Wildman–Crippen MR) is 85.0 cm³/mol. The van der Waals surface area contributed by atoms with E-state index in [-0.39, 0.29) is 0 Å². The third-order valence-electron chi connectivity index (χ3n) is 3.20. The van der Waals surface area contributed by atoms with Crippen molar-refractivity contribution in [1.29, 1.82) is 0 Å². The van der Waals surface area contributed by atoms with Gasteiger partial charge in [-0.25, -0.2) is 9.97 Å². The number of nitrogens with zero attached hydrogens (tertiary/aromatic N) is 2. The summed E-state index contributed by atoms with van der Waals surface area (Å²) in [6.07, 6.45) is 1.55. The first-order chi connectivity index (χ1) is 9.55. The second-order valence-corrected chi connectivity index (χ2v) is 5.40. The Balaban J connectivity index is 2.33. The van der Waals surface area contributed by atoms with Crippen molar-refractivity contribution < 1.29 is 0 Å². The quantitative estimate of drug-likeness (QED) is 0.915. The summed E-state index contributed by atoms with van der Waals surface area (Å²) in [5.41, 5.74) is 3.22. The number of nitrogens with one attached hydrogen (secondary N) is 1. The van der Waals surface area contributed by atoms with E-state index in [1.54, 1.807) is 6.07 Å². The van der Waals surface area contributed by atoms with Crippen LogP contribution in [0.15, 0.2) is 18.2 Å². The number of benzene rings is 1. The molecule has 0 fully saturated rings. The van der Waals surface area contributed by atoms with Gasteiger partial charge in [-0.3, -0.25) is 0 Å². The van der Waals surface area contributed by atoms with E-state index in [9.17, 15) is 0 Å². The summed E-state index contributed by atoms with van der Waals surface area (Å²) in [4.78, 5) is 9.14. The molecular formula is C15H17Cl2N3. The van der Waals surface area contributed by atoms with Gasteiger partial charge in [0.25, 0.3) is 0 Å². The van der Waals surface area contributed by atoms with Gasteiger partial charge in [0.1, 0.15) is 11.6 Å². The highest BCUT2D eigenvalue weighted by molar-refractivity contribution is 6.42. The van der Waals surface area contributed by atoms with Gasteiger partial charge in [-0.2, -0.15) is 0 Å². The maximum atomic E-state index is 6.03. The molecule has 2 aromatic rings. The smallest absolute Gasteiger partial charge is 0.135 e. The van der Waals surface area contributed by atoms with E-state index < -0.39 is 0 Å². The molecule has 0 aliphatic rings. The lowest BCUT2D eigenvalue weighted by molar-refractivity contribution is 0.908. The molecule has 106 valence electrons. The van der Waals surface area contributed by atoms with Gasteiger partial charge in [-0.1, -0.05) is 36.2 Å². The zero-order valence-corrected chi connectivity index (χ0v) is 13.3. The van der Waals surface area contributed by atoms with E-state index in [0.29, 0.717) is 16.5 Å². The van der Waals surface area contributed by atoms with Gasteiger partial charge in [0, 0.05) is 24.7 Å². The van der Waals surface area contributed by atoms with E-state index >= 15 is 0 Å². The zero-order valence-electron chi connectivity index (χ0n) is 11.8. The summed E-state index contributed by atoms with van der Waals surface area (Å²) in [6, 6.07) is 5.60. The average molecular weight is 310 g/mol. The van der Waals surface area contributed by atoms with Crippen LogP contribution in [0.1, 0.15) is 29.6 Å². The van der Waals surface area contributed by atoms with Gasteiger partial charge < -0.3 is 5.32 Å². The van der Waals surface area contributed by atoms with Crippen molar-refractivity contribution in [3.05, 3.63) is 50.9 Å². The van der Waals surface area contributed by atoms with Gasteiger partial charge in [0.15, 0.2) is 0 Å². The largest absolute Gasteiger partial charge is 0.373 e.